The molecule has 1 aromatic carbocycles. The van der Waals surface area contributed by atoms with Crippen LogP contribution in [-0.2, 0) is 15.1 Å². The molecule has 2 aliphatic rings. The number of ether oxygens (including phenoxy) is 1. The number of aryl methyl sites for hydroxylation is 1. The van der Waals surface area contributed by atoms with Crippen LogP contribution in [0.4, 0.5) is 4.79 Å². The van der Waals surface area contributed by atoms with Crippen molar-refractivity contribution in [2.24, 2.45) is 0 Å². The van der Waals surface area contributed by atoms with Crippen LogP contribution in [0.1, 0.15) is 30.9 Å². The van der Waals surface area contributed by atoms with E-state index in [4.69, 9.17) is 4.74 Å². The van der Waals surface area contributed by atoms with Gasteiger partial charge in [-0.05, 0) is 49.9 Å². The summed E-state index contributed by atoms with van der Waals surface area (Å²) in [5.74, 6) is -0.0287. The number of hydrogen-bond acceptors (Lipinski definition) is 4. The van der Waals surface area contributed by atoms with Crippen LogP contribution in [0.25, 0.3) is 0 Å². The van der Waals surface area contributed by atoms with E-state index in [0.29, 0.717) is 11.3 Å². The van der Waals surface area contributed by atoms with Gasteiger partial charge in [0, 0.05) is 6.04 Å². The lowest BCUT2D eigenvalue weighted by Crippen LogP contribution is -2.43. The van der Waals surface area contributed by atoms with Crippen LogP contribution in [0.5, 0.6) is 5.75 Å². The Hall–Kier alpha value is -2.57. The number of amides is 4. The van der Waals surface area contributed by atoms with Crippen molar-refractivity contribution in [2.45, 2.75) is 38.3 Å². The number of imide groups is 1. The minimum atomic E-state index is -1.19. The topological polar surface area (TPSA) is 87.7 Å². The van der Waals surface area contributed by atoms with Crippen LogP contribution in [-0.4, -0.2) is 42.4 Å². The molecular weight excluding hydrogens is 310 g/mol. The van der Waals surface area contributed by atoms with Gasteiger partial charge in [-0.15, -0.1) is 0 Å². The summed E-state index contributed by atoms with van der Waals surface area (Å²) in [7, 11) is 1.58. The van der Waals surface area contributed by atoms with Gasteiger partial charge in [0.25, 0.3) is 5.91 Å². The maximum atomic E-state index is 12.8. The number of rotatable bonds is 5. The maximum Gasteiger partial charge on any atom is 0.325 e. The molecule has 4 amide bonds. The number of methoxy groups -OCH3 is 1. The molecule has 0 aromatic heterocycles. The van der Waals surface area contributed by atoms with Crippen LogP contribution >= 0.6 is 0 Å². The fraction of sp³-hybridized carbons (Fsp3) is 0.471. The third kappa shape index (κ3) is 2.81. The number of benzene rings is 1. The normalized spacial score (nSPS) is 23.2. The first-order valence-electron chi connectivity index (χ1n) is 7.93. The third-order valence-electron chi connectivity index (χ3n) is 4.49. The number of nitrogens with one attached hydrogen (secondary N) is 2. The van der Waals surface area contributed by atoms with Gasteiger partial charge in [0.05, 0.1) is 7.11 Å². The van der Waals surface area contributed by atoms with Gasteiger partial charge >= 0.3 is 6.03 Å². The van der Waals surface area contributed by atoms with Crippen molar-refractivity contribution in [3.05, 3.63) is 29.3 Å². The molecular formula is C17H21N3O4. The Balaban J connectivity index is 1.80. The Kier molecular flexibility index (Phi) is 3.95. The van der Waals surface area contributed by atoms with Crippen molar-refractivity contribution in [1.82, 2.24) is 15.5 Å². The average molecular weight is 331 g/mol. The Bertz CT molecular complexity index is 714. The maximum absolute atomic E-state index is 12.8. The van der Waals surface area contributed by atoms with Gasteiger partial charge in [-0.1, -0.05) is 6.07 Å². The molecule has 1 atom stereocenters. The number of carbonyl (C=O) groups is 3. The van der Waals surface area contributed by atoms with Gasteiger partial charge in [-0.2, -0.15) is 0 Å². The molecule has 7 nitrogen and oxygen atoms in total. The second-order valence-electron chi connectivity index (χ2n) is 6.47. The fourth-order valence-electron chi connectivity index (χ4n) is 2.87. The highest BCUT2D eigenvalue weighted by Crippen LogP contribution is 2.31. The number of hydrogen-bond donors (Lipinski definition) is 2. The van der Waals surface area contributed by atoms with Gasteiger partial charge in [0.2, 0.25) is 5.91 Å². The van der Waals surface area contributed by atoms with Crippen LogP contribution in [0.3, 0.4) is 0 Å². The summed E-state index contributed by atoms with van der Waals surface area (Å²) in [6.45, 7) is 3.26. The van der Waals surface area contributed by atoms with Crippen molar-refractivity contribution in [3.8, 4) is 5.75 Å². The van der Waals surface area contributed by atoms with E-state index in [9.17, 15) is 14.4 Å². The van der Waals surface area contributed by atoms with E-state index >= 15 is 0 Å². The van der Waals surface area contributed by atoms with Gasteiger partial charge < -0.3 is 15.4 Å². The quantitative estimate of drug-likeness (QED) is 0.790. The van der Waals surface area contributed by atoms with E-state index in [1.54, 1.807) is 26.2 Å². The second kappa shape index (κ2) is 5.81. The molecule has 2 fully saturated rings. The van der Waals surface area contributed by atoms with Gasteiger partial charge in [-0.3, -0.25) is 14.5 Å². The zero-order chi connectivity index (χ0) is 17.5. The first kappa shape index (κ1) is 16.3. The average Bonchev–Trinajstić information content (AvgIpc) is 3.31. The Labute approximate surface area is 140 Å². The molecule has 1 aliphatic heterocycles. The zero-order valence-electron chi connectivity index (χ0n) is 14.0. The highest BCUT2D eigenvalue weighted by molar-refractivity contribution is 6.09. The van der Waals surface area contributed by atoms with Crippen molar-refractivity contribution in [3.63, 3.8) is 0 Å². The van der Waals surface area contributed by atoms with E-state index in [1.807, 2.05) is 13.0 Å². The van der Waals surface area contributed by atoms with Crippen LogP contribution in [0.2, 0.25) is 0 Å². The molecule has 1 unspecified atom stereocenters. The van der Waals surface area contributed by atoms with Crippen LogP contribution in [0, 0.1) is 6.92 Å². The molecule has 1 aliphatic carbocycles. The van der Waals surface area contributed by atoms with E-state index in [-0.39, 0.29) is 18.5 Å². The number of urea groups is 1. The van der Waals surface area contributed by atoms with Crippen LogP contribution < -0.4 is 15.4 Å². The molecule has 24 heavy (non-hydrogen) atoms. The van der Waals surface area contributed by atoms with Crippen molar-refractivity contribution in [1.29, 1.82) is 0 Å². The summed E-state index contributed by atoms with van der Waals surface area (Å²) < 4.78 is 5.22. The van der Waals surface area contributed by atoms with Gasteiger partial charge in [0.15, 0.2) is 0 Å². The minimum Gasteiger partial charge on any atom is -0.496 e. The Morgan fingerprint density at radius 1 is 1.42 bits per heavy atom. The fourth-order valence-corrected chi connectivity index (χ4v) is 2.87. The van der Waals surface area contributed by atoms with E-state index < -0.39 is 17.5 Å². The molecule has 2 N–H and O–H groups in total. The summed E-state index contributed by atoms with van der Waals surface area (Å²) in [6.07, 6.45) is 1.91. The highest BCUT2D eigenvalue weighted by Gasteiger charge is 2.49. The molecule has 3 rings (SSSR count). The summed E-state index contributed by atoms with van der Waals surface area (Å²) in [5, 5.41) is 5.49. The third-order valence-corrected chi connectivity index (χ3v) is 4.49. The molecule has 0 spiro atoms. The molecule has 1 saturated heterocycles. The van der Waals surface area contributed by atoms with Gasteiger partial charge in [0.1, 0.15) is 17.8 Å². The first-order chi connectivity index (χ1) is 11.3. The summed E-state index contributed by atoms with van der Waals surface area (Å²) in [5.41, 5.74) is 0.334. The SMILES string of the molecule is COc1ccc(C2(C)NC(=O)N(CC(=O)NC3CC3)C2=O)cc1C. The van der Waals surface area contributed by atoms with E-state index in [1.165, 1.54) is 0 Å². The number of carbonyl (C=O) groups excluding carboxylic acids is 3. The smallest absolute Gasteiger partial charge is 0.325 e. The van der Waals surface area contributed by atoms with Crippen LogP contribution in [0.15, 0.2) is 18.2 Å². The van der Waals surface area contributed by atoms with E-state index in [2.05, 4.69) is 10.6 Å². The molecule has 1 saturated carbocycles. The monoisotopic (exact) mass is 331 g/mol. The zero-order valence-corrected chi connectivity index (χ0v) is 14.0. The van der Waals surface area contributed by atoms with Gasteiger partial charge in [-0.25, -0.2) is 4.79 Å². The van der Waals surface area contributed by atoms with Crippen molar-refractivity contribution < 1.29 is 19.1 Å². The highest BCUT2D eigenvalue weighted by atomic mass is 16.5. The second-order valence-corrected chi connectivity index (χ2v) is 6.47. The Morgan fingerprint density at radius 3 is 2.71 bits per heavy atom. The molecule has 1 aromatic rings. The Morgan fingerprint density at radius 2 is 2.12 bits per heavy atom. The summed E-state index contributed by atoms with van der Waals surface area (Å²) in [4.78, 5) is 37.9. The molecule has 7 heteroatoms. The molecule has 0 bridgehead atoms. The lowest BCUT2D eigenvalue weighted by Gasteiger charge is -2.23. The van der Waals surface area contributed by atoms with Crippen molar-refractivity contribution in [2.75, 3.05) is 13.7 Å². The number of nitrogens with zero attached hydrogens (tertiary/aromatic N) is 1. The lowest BCUT2D eigenvalue weighted by molar-refractivity contribution is -0.134. The lowest BCUT2D eigenvalue weighted by atomic mass is 9.90. The first-order valence-corrected chi connectivity index (χ1v) is 7.93. The predicted octanol–water partition coefficient (Wildman–Crippen LogP) is 1.05. The largest absolute Gasteiger partial charge is 0.496 e. The predicted molar refractivity (Wildman–Crippen MR) is 86.5 cm³/mol. The molecule has 0 radical (unpaired) electrons. The summed E-state index contributed by atoms with van der Waals surface area (Å²) in [6, 6.07) is 4.95. The molecule has 1 heterocycles. The standard InChI is InChI=1S/C17H21N3O4/c1-10-8-11(4-7-13(10)24-3)17(2)15(22)20(16(23)19-17)9-14(21)18-12-5-6-12/h4,7-8,12H,5-6,9H2,1-3H3,(H,18,21)(H,19,23). The van der Waals surface area contributed by atoms with Crippen molar-refractivity contribution >= 4 is 17.8 Å². The van der Waals surface area contributed by atoms with E-state index in [0.717, 1.165) is 23.3 Å². The summed E-state index contributed by atoms with van der Waals surface area (Å²) >= 11 is 0. The molecule has 128 valence electrons. The minimum absolute atomic E-state index is 0.189.